The van der Waals surface area contributed by atoms with Crippen molar-refractivity contribution >= 4 is 11.8 Å². The number of rotatable bonds is 4. The Labute approximate surface area is 121 Å². The van der Waals surface area contributed by atoms with Crippen molar-refractivity contribution in [2.45, 2.75) is 45.1 Å². The summed E-state index contributed by atoms with van der Waals surface area (Å²) in [7, 11) is 1.74. The third-order valence-corrected chi connectivity index (χ3v) is 4.60. The number of likely N-dealkylation sites (tertiary alicyclic amines) is 1. The Kier molecular flexibility index (Phi) is 5.40. The Bertz CT molecular complexity index is 353. The summed E-state index contributed by atoms with van der Waals surface area (Å²) in [6, 6.07) is -0.106. The van der Waals surface area contributed by atoms with Crippen LogP contribution in [0.2, 0.25) is 0 Å². The standard InChI is InChI=1S/C15H27N3O2/c1-3-12-6-7-16-13(10-12)15(20)17(2)11-14(19)18-8-4-5-9-18/h12-13,16H,3-11H2,1-2H3. The lowest BCUT2D eigenvalue weighted by molar-refractivity contribution is -0.140. The maximum Gasteiger partial charge on any atom is 0.242 e. The number of amides is 2. The molecule has 0 aliphatic carbocycles. The van der Waals surface area contributed by atoms with Gasteiger partial charge in [-0.1, -0.05) is 13.3 Å². The number of carbonyl (C=O) groups excluding carboxylic acids is 2. The lowest BCUT2D eigenvalue weighted by Crippen LogP contribution is -2.51. The molecule has 0 aromatic carbocycles. The van der Waals surface area contributed by atoms with Crippen molar-refractivity contribution in [2.24, 2.45) is 5.92 Å². The molecule has 2 rings (SSSR count). The molecule has 2 atom stereocenters. The van der Waals surface area contributed by atoms with Gasteiger partial charge >= 0.3 is 0 Å². The minimum Gasteiger partial charge on any atom is -0.341 e. The van der Waals surface area contributed by atoms with Crippen LogP contribution < -0.4 is 5.32 Å². The van der Waals surface area contributed by atoms with E-state index in [2.05, 4.69) is 12.2 Å². The van der Waals surface area contributed by atoms with Crippen LogP contribution in [-0.2, 0) is 9.59 Å². The summed E-state index contributed by atoms with van der Waals surface area (Å²) < 4.78 is 0. The van der Waals surface area contributed by atoms with Gasteiger partial charge in [-0.3, -0.25) is 9.59 Å². The minimum atomic E-state index is -0.106. The number of likely N-dealkylation sites (N-methyl/N-ethyl adjacent to an activating group) is 1. The third kappa shape index (κ3) is 3.72. The molecule has 1 N–H and O–H groups in total. The Morgan fingerprint density at radius 3 is 2.65 bits per heavy atom. The zero-order valence-electron chi connectivity index (χ0n) is 12.7. The molecule has 2 saturated heterocycles. The van der Waals surface area contributed by atoms with Gasteiger partial charge in [-0.15, -0.1) is 0 Å². The number of nitrogens with zero attached hydrogens (tertiary/aromatic N) is 2. The van der Waals surface area contributed by atoms with E-state index in [0.717, 1.165) is 51.7 Å². The third-order valence-electron chi connectivity index (χ3n) is 4.60. The molecule has 5 heteroatoms. The van der Waals surface area contributed by atoms with Crippen molar-refractivity contribution in [3.63, 3.8) is 0 Å². The molecular formula is C15H27N3O2. The Hall–Kier alpha value is -1.10. The van der Waals surface area contributed by atoms with E-state index in [1.54, 1.807) is 11.9 Å². The second-order valence-corrected chi connectivity index (χ2v) is 6.09. The number of piperidine rings is 1. The van der Waals surface area contributed by atoms with Crippen molar-refractivity contribution in [2.75, 3.05) is 33.2 Å². The zero-order chi connectivity index (χ0) is 14.5. The first-order valence-electron chi connectivity index (χ1n) is 7.88. The van der Waals surface area contributed by atoms with Crippen LogP contribution in [0.15, 0.2) is 0 Å². The lowest BCUT2D eigenvalue weighted by atomic mass is 9.90. The van der Waals surface area contributed by atoms with Gasteiger partial charge in [0.05, 0.1) is 12.6 Å². The van der Waals surface area contributed by atoms with E-state index in [9.17, 15) is 9.59 Å². The maximum atomic E-state index is 12.4. The van der Waals surface area contributed by atoms with E-state index < -0.39 is 0 Å². The van der Waals surface area contributed by atoms with Crippen LogP contribution in [0, 0.1) is 5.92 Å². The van der Waals surface area contributed by atoms with Crippen LogP contribution in [0.4, 0.5) is 0 Å². The van der Waals surface area contributed by atoms with Crippen molar-refractivity contribution in [3.05, 3.63) is 0 Å². The van der Waals surface area contributed by atoms with Crippen LogP contribution in [-0.4, -0.2) is 60.9 Å². The summed E-state index contributed by atoms with van der Waals surface area (Å²) in [5.74, 6) is 0.782. The summed E-state index contributed by atoms with van der Waals surface area (Å²) in [6.45, 7) is 5.00. The van der Waals surface area contributed by atoms with Gasteiger partial charge in [-0.25, -0.2) is 0 Å². The molecule has 0 bridgehead atoms. The molecule has 2 amide bonds. The highest BCUT2D eigenvalue weighted by atomic mass is 16.2. The molecule has 2 unspecified atom stereocenters. The topological polar surface area (TPSA) is 52.7 Å². The SMILES string of the molecule is CCC1CCNC(C(=O)N(C)CC(=O)N2CCCC2)C1. The van der Waals surface area contributed by atoms with Gasteiger partial charge in [0, 0.05) is 20.1 Å². The molecule has 0 aromatic heterocycles. The number of hydrogen-bond donors (Lipinski definition) is 1. The van der Waals surface area contributed by atoms with Gasteiger partial charge in [-0.2, -0.15) is 0 Å². The molecule has 2 aliphatic heterocycles. The number of hydrogen-bond acceptors (Lipinski definition) is 3. The van der Waals surface area contributed by atoms with Gasteiger partial charge in [0.15, 0.2) is 0 Å². The van der Waals surface area contributed by atoms with Crippen LogP contribution in [0.1, 0.15) is 39.0 Å². The predicted molar refractivity (Wildman–Crippen MR) is 78.3 cm³/mol. The molecule has 0 aromatic rings. The van der Waals surface area contributed by atoms with E-state index >= 15 is 0 Å². The first-order chi connectivity index (χ1) is 9.61. The van der Waals surface area contributed by atoms with Crippen LogP contribution in [0.25, 0.3) is 0 Å². The molecule has 114 valence electrons. The predicted octanol–water partition coefficient (Wildman–Crippen LogP) is 0.845. The highest BCUT2D eigenvalue weighted by Crippen LogP contribution is 2.20. The molecule has 2 heterocycles. The molecule has 5 nitrogen and oxygen atoms in total. The number of nitrogens with one attached hydrogen (secondary N) is 1. The fourth-order valence-electron chi connectivity index (χ4n) is 3.17. The largest absolute Gasteiger partial charge is 0.341 e. The Morgan fingerprint density at radius 1 is 1.30 bits per heavy atom. The van der Waals surface area contributed by atoms with Gasteiger partial charge in [0.2, 0.25) is 11.8 Å². The second-order valence-electron chi connectivity index (χ2n) is 6.09. The van der Waals surface area contributed by atoms with E-state index in [1.165, 1.54) is 0 Å². The summed E-state index contributed by atoms with van der Waals surface area (Å²) in [5, 5.41) is 3.29. The maximum absolute atomic E-state index is 12.4. The molecule has 0 radical (unpaired) electrons. The summed E-state index contributed by atoms with van der Waals surface area (Å²) >= 11 is 0. The highest BCUT2D eigenvalue weighted by molar-refractivity contribution is 5.87. The highest BCUT2D eigenvalue weighted by Gasteiger charge is 2.29. The van der Waals surface area contributed by atoms with E-state index in [-0.39, 0.29) is 24.4 Å². The molecule has 0 spiro atoms. The normalized spacial score (nSPS) is 26.6. The fourth-order valence-corrected chi connectivity index (χ4v) is 3.17. The van der Waals surface area contributed by atoms with Gasteiger partial charge in [0.25, 0.3) is 0 Å². The first-order valence-corrected chi connectivity index (χ1v) is 7.88. The van der Waals surface area contributed by atoms with E-state index in [0.29, 0.717) is 5.92 Å². The second kappa shape index (κ2) is 7.07. The van der Waals surface area contributed by atoms with Gasteiger partial charge < -0.3 is 15.1 Å². The average molecular weight is 281 g/mol. The van der Waals surface area contributed by atoms with Crippen molar-refractivity contribution in [3.8, 4) is 0 Å². The Morgan fingerprint density at radius 2 is 2.00 bits per heavy atom. The Balaban J connectivity index is 1.83. The van der Waals surface area contributed by atoms with Crippen molar-refractivity contribution in [1.82, 2.24) is 15.1 Å². The smallest absolute Gasteiger partial charge is 0.242 e. The van der Waals surface area contributed by atoms with Gasteiger partial charge in [0.1, 0.15) is 0 Å². The zero-order valence-corrected chi connectivity index (χ0v) is 12.7. The molecule has 2 fully saturated rings. The molecule has 0 saturated carbocycles. The molecule has 20 heavy (non-hydrogen) atoms. The molecule has 2 aliphatic rings. The van der Waals surface area contributed by atoms with E-state index in [4.69, 9.17) is 0 Å². The summed E-state index contributed by atoms with van der Waals surface area (Å²) in [6.07, 6.45) is 5.35. The van der Waals surface area contributed by atoms with Crippen LogP contribution in [0.5, 0.6) is 0 Å². The summed E-state index contributed by atoms with van der Waals surface area (Å²) in [5.41, 5.74) is 0. The van der Waals surface area contributed by atoms with Crippen molar-refractivity contribution in [1.29, 1.82) is 0 Å². The fraction of sp³-hybridized carbons (Fsp3) is 0.867. The van der Waals surface area contributed by atoms with Crippen molar-refractivity contribution < 1.29 is 9.59 Å². The summed E-state index contributed by atoms with van der Waals surface area (Å²) in [4.78, 5) is 27.9. The van der Waals surface area contributed by atoms with Gasteiger partial charge in [-0.05, 0) is 38.1 Å². The monoisotopic (exact) mass is 281 g/mol. The average Bonchev–Trinajstić information content (AvgIpc) is 3.00. The molecular weight excluding hydrogens is 254 g/mol. The quantitative estimate of drug-likeness (QED) is 0.831. The first kappa shape index (κ1) is 15.3. The van der Waals surface area contributed by atoms with Crippen LogP contribution >= 0.6 is 0 Å². The lowest BCUT2D eigenvalue weighted by Gasteiger charge is -2.32. The minimum absolute atomic E-state index is 0.0655. The van der Waals surface area contributed by atoms with E-state index in [1.807, 2.05) is 4.90 Å². The van der Waals surface area contributed by atoms with Crippen LogP contribution in [0.3, 0.4) is 0 Å². The number of carbonyl (C=O) groups is 2.